The number of halogens is 1. The third kappa shape index (κ3) is 7.50. The number of nitrogens with zero attached hydrogens (tertiary/aromatic N) is 1. The average Bonchev–Trinajstić information content (AvgIpc) is 2.71. The Morgan fingerprint density at radius 3 is 2.80 bits per heavy atom. The van der Waals surface area contributed by atoms with E-state index >= 15 is 0 Å². The van der Waals surface area contributed by atoms with E-state index in [0.717, 1.165) is 15.0 Å². The fraction of sp³-hybridized carbons (Fsp3) is 0.615. The number of hydrogen-bond donors (Lipinski definition) is 2. The van der Waals surface area contributed by atoms with Crippen LogP contribution < -0.4 is 5.32 Å². The van der Waals surface area contributed by atoms with Gasteiger partial charge < -0.3 is 15.3 Å². The summed E-state index contributed by atoms with van der Waals surface area (Å²) < 4.78 is 0.768. The quantitative estimate of drug-likeness (QED) is 0.763. The van der Waals surface area contributed by atoms with Crippen LogP contribution in [0.5, 0.6) is 0 Å². The molecule has 0 saturated heterocycles. The summed E-state index contributed by atoms with van der Waals surface area (Å²) in [4.78, 5) is 14.7. The molecular formula is C13H21ClN2O2S2. The van der Waals surface area contributed by atoms with Crippen LogP contribution in [-0.4, -0.2) is 54.5 Å². The van der Waals surface area contributed by atoms with Crippen LogP contribution in [0.2, 0.25) is 4.34 Å². The molecule has 0 aliphatic heterocycles. The number of nitrogens with one attached hydrogen (secondary N) is 1. The molecule has 0 aliphatic carbocycles. The molecule has 0 spiro atoms. The summed E-state index contributed by atoms with van der Waals surface area (Å²) in [7, 11) is 3.77. The lowest BCUT2D eigenvalue weighted by Crippen LogP contribution is -2.47. The Labute approximate surface area is 133 Å². The second-order valence-corrected chi connectivity index (χ2v) is 8.00. The van der Waals surface area contributed by atoms with Crippen molar-refractivity contribution in [1.29, 1.82) is 0 Å². The van der Waals surface area contributed by atoms with Gasteiger partial charge in [-0.25, -0.2) is 0 Å². The van der Waals surface area contributed by atoms with Crippen LogP contribution in [0.1, 0.15) is 11.8 Å². The van der Waals surface area contributed by atoms with E-state index in [1.807, 2.05) is 31.1 Å². The number of aliphatic hydroxyl groups is 1. The van der Waals surface area contributed by atoms with Crippen LogP contribution in [0.15, 0.2) is 12.1 Å². The number of amides is 1. The molecular weight excluding hydrogens is 316 g/mol. The minimum atomic E-state index is -0.912. The highest BCUT2D eigenvalue weighted by atomic mass is 35.5. The van der Waals surface area contributed by atoms with E-state index in [1.165, 1.54) is 23.1 Å². The van der Waals surface area contributed by atoms with Gasteiger partial charge in [-0.1, -0.05) is 11.6 Å². The third-order valence-electron chi connectivity index (χ3n) is 2.43. The first-order valence-corrected chi connectivity index (χ1v) is 8.59. The van der Waals surface area contributed by atoms with Crippen LogP contribution in [0, 0.1) is 0 Å². The summed E-state index contributed by atoms with van der Waals surface area (Å²) in [5, 5.41) is 12.8. The Kier molecular flexibility index (Phi) is 7.33. The molecule has 4 nitrogen and oxygen atoms in total. The van der Waals surface area contributed by atoms with E-state index in [4.69, 9.17) is 11.6 Å². The van der Waals surface area contributed by atoms with Crippen LogP contribution in [0.3, 0.4) is 0 Å². The summed E-state index contributed by atoms with van der Waals surface area (Å²) in [6.45, 7) is 2.48. The molecule has 20 heavy (non-hydrogen) atoms. The largest absolute Gasteiger partial charge is 0.387 e. The van der Waals surface area contributed by atoms with Gasteiger partial charge in [-0.15, -0.1) is 23.1 Å². The minimum Gasteiger partial charge on any atom is -0.387 e. The SMILES string of the molecule is CN(C)CC(C)(O)CNC(=O)CSCc1ccc(Cl)s1. The maximum Gasteiger partial charge on any atom is 0.230 e. The fourth-order valence-electron chi connectivity index (χ4n) is 1.75. The van der Waals surface area contributed by atoms with Gasteiger partial charge >= 0.3 is 0 Å². The number of rotatable bonds is 8. The number of thioether (sulfide) groups is 1. The van der Waals surface area contributed by atoms with Crippen molar-refractivity contribution in [3.05, 3.63) is 21.3 Å². The van der Waals surface area contributed by atoms with E-state index in [-0.39, 0.29) is 12.5 Å². The molecule has 1 unspecified atom stereocenters. The van der Waals surface area contributed by atoms with Gasteiger partial charge in [-0.3, -0.25) is 4.79 Å². The zero-order valence-corrected chi connectivity index (χ0v) is 14.4. The Balaban J connectivity index is 2.20. The van der Waals surface area contributed by atoms with Gasteiger partial charge in [0.2, 0.25) is 5.91 Å². The maximum absolute atomic E-state index is 11.7. The number of thiophene rings is 1. The van der Waals surface area contributed by atoms with E-state index < -0.39 is 5.60 Å². The second kappa shape index (κ2) is 8.24. The van der Waals surface area contributed by atoms with Gasteiger partial charge in [-0.05, 0) is 33.2 Å². The van der Waals surface area contributed by atoms with Crippen molar-refractivity contribution < 1.29 is 9.90 Å². The Morgan fingerprint density at radius 1 is 1.55 bits per heavy atom. The number of carbonyl (C=O) groups is 1. The summed E-state index contributed by atoms with van der Waals surface area (Å²) in [5.74, 6) is 1.10. The minimum absolute atomic E-state index is 0.0586. The van der Waals surface area contributed by atoms with Crippen molar-refractivity contribution in [1.82, 2.24) is 10.2 Å². The number of hydrogen-bond acceptors (Lipinski definition) is 5. The van der Waals surface area contributed by atoms with Crippen molar-refractivity contribution >= 4 is 40.6 Å². The van der Waals surface area contributed by atoms with Gasteiger partial charge in [0.1, 0.15) is 0 Å². The van der Waals surface area contributed by atoms with Crippen LogP contribution in [-0.2, 0) is 10.5 Å². The van der Waals surface area contributed by atoms with Crippen molar-refractivity contribution in [2.75, 3.05) is 32.9 Å². The van der Waals surface area contributed by atoms with Crippen molar-refractivity contribution in [3.63, 3.8) is 0 Å². The molecule has 0 aromatic carbocycles. The van der Waals surface area contributed by atoms with Gasteiger partial charge in [0, 0.05) is 23.7 Å². The Morgan fingerprint density at radius 2 is 2.25 bits per heavy atom. The average molecular weight is 337 g/mol. The van der Waals surface area contributed by atoms with Gasteiger partial charge in [0.05, 0.1) is 15.7 Å². The van der Waals surface area contributed by atoms with Crippen molar-refractivity contribution in [2.24, 2.45) is 0 Å². The highest BCUT2D eigenvalue weighted by molar-refractivity contribution is 7.99. The predicted octanol–water partition coefficient (Wildman–Crippen LogP) is 2.06. The summed E-state index contributed by atoms with van der Waals surface area (Å²) in [6.07, 6.45) is 0. The number of likely N-dealkylation sites (N-methyl/N-ethyl adjacent to an activating group) is 1. The molecule has 114 valence electrons. The molecule has 1 atom stereocenters. The first-order chi connectivity index (χ1) is 9.28. The topological polar surface area (TPSA) is 52.6 Å². The predicted molar refractivity (Wildman–Crippen MR) is 87.7 cm³/mol. The standard InChI is InChI=1S/C13H21ClN2O2S2/c1-13(18,9-16(2)3)8-15-12(17)7-19-6-10-4-5-11(14)20-10/h4-5,18H,6-9H2,1-3H3,(H,15,17). The van der Waals surface area contributed by atoms with E-state index in [9.17, 15) is 9.90 Å². The molecule has 7 heteroatoms. The van der Waals surface area contributed by atoms with Crippen LogP contribution in [0.25, 0.3) is 0 Å². The van der Waals surface area contributed by atoms with E-state index in [1.54, 1.807) is 6.92 Å². The molecule has 2 N–H and O–H groups in total. The molecule has 1 amide bonds. The van der Waals surface area contributed by atoms with Gasteiger partial charge in [0.15, 0.2) is 0 Å². The maximum atomic E-state index is 11.7. The van der Waals surface area contributed by atoms with E-state index in [2.05, 4.69) is 5.32 Å². The molecule has 0 radical (unpaired) electrons. The molecule has 1 aromatic heterocycles. The van der Waals surface area contributed by atoms with Crippen molar-refractivity contribution in [2.45, 2.75) is 18.3 Å². The molecule has 0 saturated carbocycles. The molecule has 1 aromatic rings. The van der Waals surface area contributed by atoms with Crippen LogP contribution >= 0.6 is 34.7 Å². The zero-order valence-electron chi connectivity index (χ0n) is 12.0. The normalized spacial score (nSPS) is 14.3. The molecule has 1 rings (SSSR count). The molecule has 1 heterocycles. The summed E-state index contributed by atoms with van der Waals surface area (Å²) >= 11 is 8.91. The molecule has 0 fully saturated rings. The fourth-order valence-corrected chi connectivity index (χ4v) is 3.81. The number of carbonyl (C=O) groups excluding carboxylic acids is 1. The molecule has 0 aliphatic rings. The smallest absolute Gasteiger partial charge is 0.230 e. The second-order valence-electron chi connectivity index (χ2n) is 5.21. The highest BCUT2D eigenvalue weighted by Crippen LogP contribution is 2.24. The first-order valence-electron chi connectivity index (χ1n) is 6.24. The van der Waals surface area contributed by atoms with Gasteiger partial charge in [0.25, 0.3) is 0 Å². The van der Waals surface area contributed by atoms with Crippen molar-refractivity contribution in [3.8, 4) is 0 Å². The molecule has 0 bridgehead atoms. The lowest BCUT2D eigenvalue weighted by molar-refractivity contribution is -0.119. The summed E-state index contributed by atoms with van der Waals surface area (Å²) in [6, 6.07) is 3.83. The van der Waals surface area contributed by atoms with Gasteiger partial charge in [-0.2, -0.15) is 0 Å². The third-order valence-corrected chi connectivity index (χ3v) is 4.82. The highest BCUT2D eigenvalue weighted by Gasteiger charge is 2.21. The summed E-state index contributed by atoms with van der Waals surface area (Å²) in [5.41, 5.74) is -0.912. The Bertz CT molecular complexity index is 436. The van der Waals surface area contributed by atoms with Crippen LogP contribution in [0.4, 0.5) is 0 Å². The van der Waals surface area contributed by atoms with E-state index in [0.29, 0.717) is 12.3 Å². The first kappa shape index (κ1) is 17.8. The monoisotopic (exact) mass is 336 g/mol. The lowest BCUT2D eigenvalue weighted by atomic mass is 10.1. The zero-order chi connectivity index (χ0) is 15.2. The Hall–Kier alpha value is -0.270. The lowest BCUT2D eigenvalue weighted by Gasteiger charge is -2.27.